The van der Waals surface area contributed by atoms with Crippen molar-refractivity contribution in [1.29, 1.82) is 0 Å². The predicted molar refractivity (Wildman–Crippen MR) is 67.5 cm³/mol. The van der Waals surface area contributed by atoms with Crippen LogP contribution in [-0.4, -0.2) is 36.3 Å². The molecule has 0 saturated carbocycles. The highest BCUT2D eigenvalue weighted by atomic mass is 16.2. The van der Waals surface area contributed by atoms with Crippen LogP contribution in [0.2, 0.25) is 0 Å². The Morgan fingerprint density at radius 1 is 1.35 bits per heavy atom. The maximum absolute atomic E-state index is 11.6. The van der Waals surface area contributed by atoms with E-state index in [4.69, 9.17) is 0 Å². The van der Waals surface area contributed by atoms with Crippen molar-refractivity contribution in [1.82, 2.24) is 10.2 Å². The zero-order valence-electron chi connectivity index (χ0n) is 11.2. The van der Waals surface area contributed by atoms with Crippen LogP contribution in [0.25, 0.3) is 0 Å². The molecule has 0 unspecified atom stereocenters. The SMILES string of the molecule is CC(C)(C)CC(=O)NCCN1CCCCC1=O. The van der Waals surface area contributed by atoms with Gasteiger partial charge in [0.05, 0.1) is 0 Å². The van der Waals surface area contributed by atoms with Crippen molar-refractivity contribution >= 4 is 11.8 Å². The third-order valence-corrected chi connectivity index (χ3v) is 2.82. The van der Waals surface area contributed by atoms with Crippen molar-refractivity contribution in [3.63, 3.8) is 0 Å². The minimum absolute atomic E-state index is 0.0189. The zero-order valence-corrected chi connectivity index (χ0v) is 11.2. The van der Waals surface area contributed by atoms with Gasteiger partial charge in [0, 0.05) is 32.5 Å². The van der Waals surface area contributed by atoms with Gasteiger partial charge in [0.1, 0.15) is 0 Å². The zero-order chi connectivity index (χ0) is 12.9. The molecule has 1 aliphatic rings. The molecule has 0 spiro atoms. The molecule has 1 N–H and O–H groups in total. The molecule has 1 heterocycles. The monoisotopic (exact) mass is 240 g/mol. The lowest BCUT2D eigenvalue weighted by molar-refractivity contribution is -0.133. The minimum Gasteiger partial charge on any atom is -0.354 e. The summed E-state index contributed by atoms with van der Waals surface area (Å²) < 4.78 is 0. The fourth-order valence-corrected chi connectivity index (χ4v) is 1.97. The van der Waals surface area contributed by atoms with E-state index in [0.29, 0.717) is 25.9 Å². The van der Waals surface area contributed by atoms with E-state index in [1.807, 2.05) is 25.7 Å². The second kappa shape index (κ2) is 6.03. The van der Waals surface area contributed by atoms with Crippen LogP contribution in [0, 0.1) is 5.41 Å². The Morgan fingerprint density at radius 2 is 2.06 bits per heavy atom. The smallest absolute Gasteiger partial charge is 0.222 e. The Balaban J connectivity index is 2.19. The van der Waals surface area contributed by atoms with Crippen LogP contribution in [0.1, 0.15) is 46.5 Å². The van der Waals surface area contributed by atoms with Crippen molar-refractivity contribution in [2.24, 2.45) is 5.41 Å². The van der Waals surface area contributed by atoms with E-state index < -0.39 is 0 Å². The maximum atomic E-state index is 11.6. The first-order valence-electron chi connectivity index (χ1n) is 6.43. The minimum atomic E-state index is 0.0189. The second-order valence-electron chi connectivity index (χ2n) is 5.93. The van der Waals surface area contributed by atoms with Crippen LogP contribution in [0.4, 0.5) is 0 Å². The molecule has 0 radical (unpaired) electrons. The number of hydrogen-bond acceptors (Lipinski definition) is 2. The van der Waals surface area contributed by atoms with Crippen LogP contribution in [0.3, 0.4) is 0 Å². The van der Waals surface area contributed by atoms with Crippen LogP contribution in [-0.2, 0) is 9.59 Å². The molecule has 4 nitrogen and oxygen atoms in total. The van der Waals surface area contributed by atoms with Gasteiger partial charge in [-0.15, -0.1) is 0 Å². The van der Waals surface area contributed by atoms with E-state index >= 15 is 0 Å². The highest BCUT2D eigenvalue weighted by Crippen LogP contribution is 2.17. The molecule has 0 atom stereocenters. The van der Waals surface area contributed by atoms with Gasteiger partial charge in [0.25, 0.3) is 0 Å². The number of nitrogens with one attached hydrogen (secondary N) is 1. The molecule has 0 aromatic rings. The summed E-state index contributed by atoms with van der Waals surface area (Å²) in [6.07, 6.45) is 3.28. The Morgan fingerprint density at radius 3 is 2.65 bits per heavy atom. The van der Waals surface area contributed by atoms with Crippen molar-refractivity contribution in [3.8, 4) is 0 Å². The molecule has 0 aromatic heterocycles. The standard InChI is InChI=1S/C13H24N2O2/c1-13(2,3)10-11(16)14-7-9-15-8-5-4-6-12(15)17/h4-10H2,1-3H3,(H,14,16). The molecule has 98 valence electrons. The largest absolute Gasteiger partial charge is 0.354 e. The van der Waals surface area contributed by atoms with Crippen molar-refractivity contribution in [2.45, 2.75) is 46.5 Å². The number of rotatable bonds is 4. The average molecular weight is 240 g/mol. The molecule has 4 heteroatoms. The van der Waals surface area contributed by atoms with Crippen LogP contribution >= 0.6 is 0 Å². The number of carbonyl (C=O) groups is 2. The van der Waals surface area contributed by atoms with E-state index in [9.17, 15) is 9.59 Å². The van der Waals surface area contributed by atoms with Gasteiger partial charge >= 0.3 is 0 Å². The maximum Gasteiger partial charge on any atom is 0.222 e. The predicted octanol–water partition coefficient (Wildman–Crippen LogP) is 1.55. The summed E-state index contributed by atoms with van der Waals surface area (Å²) in [4.78, 5) is 24.9. The molecule has 0 aromatic carbocycles. The molecule has 1 rings (SSSR count). The topological polar surface area (TPSA) is 49.4 Å². The van der Waals surface area contributed by atoms with E-state index in [2.05, 4.69) is 5.32 Å². The molecule has 0 aliphatic carbocycles. The fourth-order valence-electron chi connectivity index (χ4n) is 1.97. The number of nitrogens with zero attached hydrogens (tertiary/aromatic N) is 1. The third kappa shape index (κ3) is 5.71. The Hall–Kier alpha value is -1.06. The average Bonchev–Trinajstić information content (AvgIpc) is 2.18. The van der Waals surface area contributed by atoms with Crippen molar-refractivity contribution in [2.75, 3.05) is 19.6 Å². The summed E-state index contributed by atoms with van der Waals surface area (Å²) in [5, 5.41) is 2.87. The molecule has 1 saturated heterocycles. The molecule has 1 aliphatic heterocycles. The third-order valence-electron chi connectivity index (χ3n) is 2.82. The molecular formula is C13H24N2O2. The fraction of sp³-hybridized carbons (Fsp3) is 0.846. The quantitative estimate of drug-likeness (QED) is 0.810. The van der Waals surface area contributed by atoms with E-state index in [-0.39, 0.29) is 17.2 Å². The van der Waals surface area contributed by atoms with Gasteiger partial charge in [-0.25, -0.2) is 0 Å². The van der Waals surface area contributed by atoms with Gasteiger partial charge in [-0.3, -0.25) is 9.59 Å². The van der Waals surface area contributed by atoms with Crippen molar-refractivity contribution < 1.29 is 9.59 Å². The van der Waals surface area contributed by atoms with E-state index in [0.717, 1.165) is 19.4 Å². The summed E-state index contributed by atoms with van der Waals surface area (Å²) in [5.41, 5.74) is 0.0189. The lowest BCUT2D eigenvalue weighted by atomic mass is 9.92. The summed E-state index contributed by atoms with van der Waals surface area (Å²) in [7, 11) is 0. The van der Waals surface area contributed by atoms with Crippen LogP contribution in [0.5, 0.6) is 0 Å². The molecular weight excluding hydrogens is 216 g/mol. The first kappa shape index (κ1) is 14.0. The molecule has 1 fully saturated rings. The summed E-state index contributed by atoms with van der Waals surface area (Å²) in [6.45, 7) is 8.19. The normalized spacial score (nSPS) is 17.1. The summed E-state index contributed by atoms with van der Waals surface area (Å²) in [5.74, 6) is 0.295. The van der Waals surface area contributed by atoms with Gasteiger partial charge in [-0.2, -0.15) is 0 Å². The van der Waals surface area contributed by atoms with Gasteiger partial charge in [0.15, 0.2) is 0 Å². The lowest BCUT2D eigenvalue weighted by Crippen LogP contribution is -2.41. The van der Waals surface area contributed by atoms with Crippen LogP contribution in [0.15, 0.2) is 0 Å². The van der Waals surface area contributed by atoms with Gasteiger partial charge in [0.2, 0.25) is 11.8 Å². The number of hydrogen-bond donors (Lipinski definition) is 1. The Bertz CT molecular complexity index is 282. The number of amides is 2. The van der Waals surface area contributed by atoms with E-state index in [1.165, 1.54) is 0 Å². The lowest BCUT2D eigenvalue weighted by Gasteiger charge is -2.27. The molecule has 17 heavy (non-hydrogen) atoms. The first-order valence-corrected chi connectivity index (χ1v) is 6.43. The number of likely N-dealkylation sites (tertiary alicyclic amines) is 1. The van der Waals surface area contributed by atoms with Gasteiger partial charge in [-0.1, -0.05) is 20.8 Å². The van der Waals surface area contributed by atoms with Gasteiger partial charge in [-0.05, 0) is 18.3 Å². The second-order valence-corrected chi connectivity index (χ2v) is 5.93. The number of piperidine rings is 1. The first-order chi connectivity index (χ1) is 7.88. The Labute approximate surface area is 104 Å². The van der Waals surface area contributed by atoms with Gasteiger partial charge < -0.3 is 10.2 Å². The highest BCUT2D eigenvalue weighted by molar-refractivity contribution is 5.77. The van der Waals surface area contributed by atoms with Crippen molar-refractivity contribution in [3.05, 3.63) is 0 Å². The summed E-state index contributed by atoms with van der Waals surface area (Å²) >= 11 is 0. The number of carbonyl (C=O) groups excluding carboxylic acids is 2. The summed E-state index contributed by atoms with van der Waals surface area (Å²) in [6, 6.07) is 0. The highest BCUT2D eigenvalue weighted by Gasteiger charge is 2.18. The van der Waals surface area contributed by atoms with Crippen LogP contribution < -0.4 is 5.32 Å². The molecule has 2 amide bonds. The molecule has 0 bridgehead atoms. The van der Waals surface area contributed by atoms with E-state index in [1.54, 1.807) is 0 Å². The Kier molecular flexibility index (Phi) is 4.97.